The van der Waals surface area contributed by atoms with E-state index in [0.717, 1.165) is 23.7 Å². The summed E-state index contributed by atoms with van der Waals surface area (Å²) in [7, 11) is 0. The van der Waals surface area contributed by atoms with Gasteiger partial charge in [-0.25, -0.2) is 0 Å². The van der Waals surface area contributed by atoms with Crippen LogP contribution in [0.15, 0.2) is 0 Å². The van der Waals surface area contributed by atoms with Gasteiger partial charge in [0.2, 0.25) is 0 Å². The van der Waals surface area contributed by atoms with Crippen LogP contribution in [0.3, 0.4) is 0 Å². The third-order valence-electron chi connectivity index (χ3n) is 3.62. The van der Waals surface area contributed by atoms with Crippen molar-refractivity contribution >= 4 is 0 Å². The predicted octanol–water partition coefficient (Wildman–Crippen LogP) is 2.69. The summed E-state index contributed by atoms with van der Waals surface area (Å²) in [6.07, 6.45) is 4.65. The van der Waals surface area contributed by atoms with Crippen LogP contribution in [-0.2, 0) is 0 Å². The molecule has 0 heterocycles. The fourth-order valence-electron chi connectivity index (χ4n) is 2.61. The second-order valence-corrected chi connectivity index (χ2v) is 4.17. The minimum Gasteiger partial charge on any atom is -0.0622 e. The van der Waals surface area contributed by atoms with E-state index in [4.69, 9.17) is 0 Å². The lowest BCUT2D eigenvalue weighted by Gasteiger charge is -2.49. The van der Waals surface area contributed by atoms with Gasteiger partial charge >= 0.3 is 0 Å². The largest absolute Gasteiger partial charge is 0.0622 e. The highest BCUT2D eigenvalue weighted by Crippen LogP contribution is 2.51. The van der Waals surface area contributed by atoms with E-state index in [9.17, 15) is 0 Å². The van der Waals surface area contributed by atoms with Gasteiger partial charge in [0, 0.05) is 0 Å². The van der Waals surface area contributed by atoms with Crippen LogP contribution in [0, 0.1) is 23.7 Å². The zero-order valence-electron chi connectivity index (χ0n) is 6.43. The van der Waals surface area contributed by atoms with Crippen LogP contribution >= 0.6 is 0 Å². The van der Waals surface area contributed by atoms with E-state index in [2.05, 4.69) is 13.8 Å². The Balaban J connectivity index is 2.04. The van der Waals surface area contributed by atoms with E-state index in [0.29, 0.717) is 0 Å². The van der Waals surface area contributed by atoms with Gasteiger partial charge in [0.1, 0.15) is 0 Å². The molecule has 0 N–H and O–H groups in total. The Morgan fingerprint density at radius 3 is 2.00 bits per heavy atom. The molecule has 3 aliphatic rings. The summed E-state index contributed by atoms with van der Waals surface area (Å²) in [4.78, 5) is 0. The lowest BCUT2D eigenvalue weighted by molar-refractivity contribution is 0.0154. The Labute approximate surface area is 57.6 Å². The maximum atomic E-state index is 2.44. The quantitative estimate of drug-likeness (QED) is 0.465. The van der Waals surface area contributed by atoms with Crippen LogP contribution < -0.4 is 0 Å². The average Bonchev–Trinajstić information content (AvgIpc) is 1.72. The minimum atomic E-state index is 1.03. The van der Waals surface area contributed by atoms with Crippen molar-refractivity contribution in [3.8, 4) is 0 Å². The Kier molecular flexibility index (Phi) is 1.12. The molecule has 9 heavy (non-hydrogen) atoms. The van der Waals surface area contributed by atoms with Gasteiger partial charge in [-0.05, 0) is 42.9 Å². The number of fused-ring (bicyclic) bond motifs is 2. The molecular formula is C9H16. The first-order valence-corrected chi connectivity index (χ1v) is 4.27. The molecule has 3 fully saturated rings. The Hall–Kier alpha value is 0. The molecule has 3 aliphatic carbocycles. The number of hydrogen-bond acceptors (Lipinski definition) is 0. The predicted molar refractivity (Wildman–Crippen MR) is 39.2 cm³/mol. The molecule has 52 valence electrons. The van der Waals surface area contributed by atoms with Gasteiger partial charge in [0.15, 0.2) is 0 Å². The molecule has 2 atom stereocenters. The van der Waals surface area contributed by atoms with E-state index in [-0.39, 0.29) is 0 Å². The average molecular weight is 124 g/mol. The van der Waals surface area contributed by atoms with Crippen molar-refractivity contribution in [2.45, 2.75) is 33.1 Å². The van der Waals surface area contributed by atoms with E-state index in [1.165, 1.54) is 6.42 Å². The third-order valence-corrected chi connectivity index (χ3v) is 3.62. The molecule has 0 nitrogen and oxygen atoms in total. The monoisotopic (exact) mass is 124 g/mol. The van der Waals surface area contributed by atoms with E-state index in [1.54, 1.807) is 12.8 Å². The van der Waals surface area contributed by atoms with Gasteiger partial charge in [0.05, 0.1) is 0 Å². The Bertz CT molecular complexity index is 109. The van der Waals surface area contributed by atoms with Crippen molar-refractivity contribution in [2.75, 3.05) is 0 Å². The first kappa shape index (κ1) is 5.76. The van der Waals surface area contributed by atoms with Gasteiger partial charge in [0.25, 0.3) is 0 Å². The van der Waals surface area contributed by atoms with Crippen molar-refractivity contribution in [2.24, 2.45) is 23.7 Å². The van der Waals surface area contributed by atoms with E-state index in [1.807, 2.05) is 0 Å². The Morgan fingerprint density at radius 1 is 1.00 bits per heavy atom. The summed E-state index contributed by atoms with van der Waals surface area (Å²) >= 11 is 0. The molecule has 0 heteroatoms. The smallest absolute Gasteiger partial charge is 0.0381 e. The summed E-state index contributed by atoms with van der Waals surface area (Å²) in [6.45, 7) is 4.85. The second-order valence-electron chi connectivity index (χ2n) is 4.17. The van der Waals surface area contributed by atoms with Crippen molar-refractivity contribution in [3.05, 3.63) is 0 Å². The fourth-order valence-corrected chi connectivity index (χ4v) is 2.61. The van der Waals surface area contributed by atoms with Crippen molar-refractivity contribution in [3.63, 3.8) is 0 Å². The maximum absolute atomic E-state index is 2.44. The molecule has 0 saturated heterocycles. The molecule has 3 rings (SSSR count). The van der Waals surface area contributed by atoms with Gasteiger partial charge in [-0.1, -0.05) is 13.8 Å². The summed E-state index contributed by atoms with van der Waals surface area (Å²) in [5.74, 6) is 4.33. The van der Waals surface area contributed by atoms with Gasteiger partial charge in [-0.2, -0.15) is 0 Å². The lowest BCUT2D eigenvalue weighted by Crippen LogP contribution is -2.39. The summed E-state index contributed by atoms with van der Waals surface area (Å²) < 4.78 is 0. The van der Waals surface area contributed by atoms with Crippen LogP contribution in [0.25, 0.3) is 0 Å². The highest BCUT2D eigenvalue weighted by atomic mass is 14.5. The maximum Gasteiger partial charge on any atom is -0.0381 e. The second kappa shape index (κ2) is 1.74. The molecule has 0 aromatic heterocycles. The van der Waals surface area contributed by atoms with Gasteiger partial charge in [-0.3, -0.25) is 0 Å². The normalized spacial score (nSPS) is 56.7. The molecule has 0 aromatic carbocycles. The number of rotatable bonds is 0. The molecule has 3 saturated carbocycles. The molecule has 0 amide bonds. The molecular weight excluding hydrogens is 108 g/mol. The standard InChI is InChI=1S/C9H16/c1-6-3-8-4-9(5-8)7(6)2/h6-9H,3-5H2,1-2H3/t6-,7?,8?,9?/m0/s1. The van der Waals surface area contributed by atoms with Gasteiger partial charge in [-0.15, -0.1) is 0 Å². The van der Waals surface area contributed by atoms with Crippen molar-refractivity contribution in [1.82, 2.24) is 0 Å². The van der Waals surface area contributed by atoms with Crippen LogP contribution in [0.2, 0.25) is 0 Å². The van der Waals surface area contributed by atoms with Crippen LogP contribution in [0.1, 0.15) is 33.1 Å². The minimum absolute atomic E-state index is 1.03. The van der Waals surface area contributed by atoms with E-state index < -0.39 is 0 Å². The Morgan fingerprint density at radius 2 is 1.67 bits per heavy atom. The molecule has 0 spiro atoms. The van der Waals surface area contributed by atoms with Crippen LogP contribution in [0.5, 0.6) is 0 Å². The SMILES string of the molecule is CC1C2CC(C2)C[C@@H]1C. The zero-order chi connectivity index (χ0) is 6.43. The highest BCUT2D eigenvalue weighted by molar-refractivity contribution is 4.91. The van der Waals surface area contributed by atoms with E-state index >= 15 is 0 Å². The lowest BCUT2D eigenvalue weighted by atomic mass is 9.57. The summed E-state index contributed by atoms with van der Waals surface area (Å²) in [5.41, 5.74) is 0. The fraction of sp³-hybridized carbons (Fsp3) is 1.00. The summed E-state index contributed by atoms with van der Waals surface area (Å²) in [5, 5.41) is 0. The van der Waals surface area contributed by atoms with Gasteiger partial charge < -0.3 is 0 Å². The molecule has 0 radical (unpaired) electrons. The first-order chi connectivity index (χ1) is 4.27. The molecule has 2 bridgehead atoms. The summed E-state index contributed by atoms with van der Waals surface area (Å²) in [6, 6.07) is 0. The topological polar surface area (TPSA) is 0 Å². The molecule has 1 unspecified atom stereocenters. The number of hydrogen-bond donors (Lipinski definition) is 0. The first-order valence-electron chi connectivity index (χ1n) is 4.27. The third kappa shape index (κ3) is 0.720. The molecule has 0 aromatic rings. The van der Waals surface area contributed by atoms with Crippen molar-refractivity contribution in [1.29, 1.82) is 0 Å². The van der Waals surface area contributed by atoms with Crippen molar-refractivity contribution < 1.29 is 0 Å². The highest BCUT2D eigenvalue weighted by Gasteiger charge is 2.41. The van der Waals surface area contributed by atoms with Crippen LogP contribution in [-0.4, -0.2) is 0 Å². The van der Waals surface area contributed by atoms with Crippen LogP contribution in [0.4, 0.5) is 0 Å². The zero-order valence-corrected chi connectivity index (χ0v) is 6.43. The molecule has 0 aliphatic heterocycles.